The molecule has 146 valence electrons. The van der Waals surface area contributed by atoms with Gasteiger partial charge in [-0.2, -0.15) is 5.10 Å². The van der Waals surface area contributed by atoms with Crippen LogP contribution in [0, 0.1) is 0 Å². The molecule has 3 aromatic heterocycles. The van der Waals surface area contributed by atoms with E-state index >= 15 is 0 Å². The molecular formula is C22H22N6S. The minimum Gasteiger partial charge on any atom is -0.354 e. The monoisotopic (exact) mass is 402 g/mol. The highest BCUT2D eigenvalue weighted by molar-refractivity contribution is 7.21. The largest absolute Gasteiger partial charge is 0.354 e. The van der Waals surface area contributed by atoms with Crippen molar-refractivity contribution in [2.45, 2.75) is 18.9 Å². The van der Waals surface area contributed by atoms with E-state index in [-0.39, 0.29) is 0 Å². The summed E-state index contributed by atoms with van der Waals surface area (Å²) >= 11 is 1.72. The quantitative estimate of drug-likeness (QED) is 0.509. The summed E-state index contributed by atoms with van der Waals surface area (Å²) in [6.45, 7) is 1.93. The molecule has 1 fully saturated rings. The first-order chi connectivity index (χ1) is 14.3. The van der Waals surface area contributed by atoms with E-state index in [9.17, 15) is 0 Å². The summed E-state index contributed by atoms with van der Waals surface area (Å²) in [5, 5.41) is 9.45. The van der Waals surface area contributed by atoms with Gasteiger partial charge in [-0.1, -0.05) is 30.3 Å². The Kier molecular flexibility index (Phi) is 4.81. The molecule has 1 aliphatic rings. The molecule has 0 saturated carbocycles. The Hall–Kier alpha value is -3.06. The summed E-state index contributed by atoms with van der Waals surface area (Å²) in [5.74, 6) is 1.94. The Labute approximate surface area is 173 Å². The van der Waals surface area contributed by atoms with Crippen LogP contribution >= 0.6 is 11.3 Å². The predicted molar refractivity (Wildman–Crippen MR) is 119 cm³/mol. The molecular weight excluding hydrogens is 380 g/mol. The van der Waals surface area contributed by atoms with Gasteiger partial charge in [-0.25, -0.2) is 9.97 Å². The van der Waals surface area contributed by atoms with E-state index in [0.717, 1.165) is 47.8 Å². The molecule has 0 aliphatic carbocycles. The van der Waals surface area contributed by atoms with Gasteiger partial charge in [-0.3, -0.25) is 0 Å². The van der Waals surface area contributed by atoms with E-state index in [0.29, 0.717) is 6.04 Å². The maximum absolute atomic E-state index is 4.66. The Morgan fingerprint density at radius 1 is 1.10 bits per heavy atom. The average molecular weight is 403 g/mol. The molecule has 0 spiro atoms. The first-order valence-electron chi connectivity index (χ1n) is 9.85. The van der Waals surface area contributed by atoms with Gasteiger partial charge >= 0.3 is 0 Å². The van der Waals surface area contributed by atoms with E-state index in [4.69, 9.17) is 0 Å². The van der Waals surface area contributed by atoms with E-state index in [1.807, 2.05) is 18.2 Å². The molecule has 6 nitrogen and oxygen atoms in total. The summed E-state index contributed by atoms with van der Waals surface area (Å²) in [6, 6.07) is 17.0. The van der Waals surface area contributed by atoms with Crippen LogP contribution in [0.15, 0.2) is 61.1 Å². The van der Waals surface area contributed by atoms with Crippen molar-refractivity contribution in [2.75, 3.05) is 29.9 Å². The van der Waals surface area contributed by atoms with Crippen molar-refractivity contribution in [2.24, 2.45) is 0 Å². The summed E-state index contributed by atoms with van der Waals surface area (Å²) in [5.41, 5.74) is 1.22. The Morgan fingerprint density at radius 2 is 2.00 bits per heavy atom. The number of rotatable bonds is 4. The van der Waals surface area contributed by atoms with Crippen molar-refractivity contribution in [3.63, 3.8) is 0 Å². The Bertz CT molecular complexity index is 1100. The lowest BCUT2D eigenvalue weighted by atomic mass is 10.0. The van der Waals surface area contributed by atoms with Crippen LogP contribution in [-0.2, 0) is 0 Å². The van der Waals surface area contributed by atoms with E-state index in [1.54, 1.807) is 23.9 Å². The number of aromatic nitrogens is 4. The summed E-state index contributed by atoms with van der Waals surface area (Å²) in [4.78, 5) is 16.1. The number of benzene rings is 1. The zero-order valence-corrected chi connectivity index (χ0v) is 17.1. The molecule has 0 radical (unpaired) electrons. The third kappa shape index (κ3) is 3.53. The number of hydrogen-bond donors (Lipinski definition) is 0. The van der Waals surface area contributed by atoms with Gasteiger partial charge in [0.25, 0.3) is 0 Å². The van der Waals surface area contributed by atoms with Crippen LogP contribution in [0.25, 0.3) is 20.7 Å². The Balaban J connectivity index is 1.45. The fourth-order valence-corrected chi connectivity index (χ4v) is 4.98. The lowest BCUT2D eigenvalue weighted by Gasteiger charge is -2.38. The number of piperidine rings is 1. The molecule has 0 bridgehead atoms. The van der Waals surface area contributed by atoms with Gasteiger partial charge in [0.15, 0.2) is 5.82 Å². The lowest BCUT2D eigenvalue weighted by molar-refractivity contribution is 0.483. The molecule has 1 aromatic carbocycles. The smallest absolute Gasteiger partial charge is 0.151 e. The van der Waals surface area contributed by atoms with Crippen LogP contribution in [0.2, 0.25) is 0 Å². The maximum Gasteiger partial charge on any atom is 0.151 e. The minimum atomic E-state index is 0.365. The zero-order chi connectivity index (χ0) is 19.6. The number of nitrogens with zero attached hydrogens (tertiary/aromatic N) is 6. The highest BCUT2D eigenvalue weighted by Crippen LogP contribution is 2.36. The molecule has 29 heavy (non-hydrogen) atoms. The first kappa shape index (κ1) is 18.0. The van der Waals surface area contributed by atoms with Gasteiger partial charge in [-0.15, -0.1) is 16.4 Å². The van der Waals surface area contributed by atoms with Crippen molar-refractivity contribution in [3.8, 4) is 10.4 Å². The highest BCUT2D eigenvalue weighted by atomic mass is 32.1. The van der Waals surface area contributed by atoms with Crippen molar-refractivity contribution >= 4 is 33.2 Å². The van der Waals surface area contributed by atoms with Gasteiger partial charge < -0.3 is 9.80 Å². The number of likely N-dealkylation sites (N-methyl/N-ethyl adjacent to an activating group) is 1. The van der Waals surface area contributed by atoms with Gasteiger partial charge in [0.1, 0.15) is 17.0 Å². The fourth-order valence-electron chi connectivity index (χ4n) is 3.98. The molecule has 1 unspecified atom stereocenters. The Morgan fingerprint density at radius 3 is 2.83 bits per heavy atom. The summed E-state index contributed by atoms with van der Waals surface area (Å²) in [6.07, 6.45) is 5.66. The molecule has 1 atom stereocenters. The number of hydrogen-bond acceptors (Lipinski definition) is 7. The third-order valence-electron chi connectivity index (χ3n) is 5.53. The third-order valence-corrected chi connectivity index (χ3v) is 6.62. The topological polar surface area (TPSA) is 58.0 Å². The van der Waals surface area contributed by atoms with E-state index in [2.05, 4.69) is 67.3 Å². The van der Waals surface area contributed by atoms with Crippen LogP contribution in [-0.4, -0.2) is 46.3 Å². The van der Waals surface area contributed by atoms with E-state index in [1.165, 1.54) is 10.4 Å². The van der Waals surface area contributed by atoms with Crippen molar-refractivity contribution in [3.05, 3.63) is 61.1 Å². The second-order valence-corrected chi connectivity index (χ2v) is 8.36. The highest BCUT2D eigenvalue weighted by Gasteiger charge is 2.26. The minimum absolute atomic E-state index is 0.365. The summed E-state index contributed by atoms with van der Waals surface area (Å²) < 4.78 is 0. The molecule has 4 aromatic rings. The molecule has 1 saturated heterocycles. The molecule has 0 N–H and O–H groups in total. The number of anilines is 2. The van der Waals surface area contributed by atoms with Crippen molar-refractivity contribution < 1.29 is 0 Å². The maximum atomic E-state index is 4.66. The standard InChI is InChI=1S/C22H22N6S/c1-27(17-9-6-12-28(14-17)20-10-5-11-25-26-20)21-18-13-19(16-7-3-2-4-8-16)29-22(18)24-15-23-21/h2-5,7-8,10-11,13,15,17H,6,9,12,14H2,1H3. The molecule has 0 amide bonds. The van der Waals surface area contributed by atoms with Crippen LogP contribution in [0.4, 0.5) is 11.6 Å². The van der Waals surface area contributed by atoms with Crippen LogP contribution in [0.3, 0.4) is 0 Å². The number of thiophene rings is 1. The average Bonchev–Trinajstić information content (AvgIpc) is 3.24. The summed E-state index contributed by atoms with van der Waals surface area (Å²) in [7, 11) is 2.15. The molecule has 4 heterocycles. The molecule has 1 aliphatic heterocycles. The van der Waals surface area contributed by atoms with Crippen LogP contribution < -0.4 is 9.80 Å². The number of fused-ring (bicyclic) bond motifs is 1. The van der Waals surface area contributed by atoms with Crippen LogP contribution in [0.1, 0.15) is 12.8 Å². The fraction of sp³-hybridized carbons (Fsp3) is 0.273. The van der Waals surface area contributed by atoms with Gasteiger partial charge in [0.2, 0.25) is 0 Å². The van der Waals surface area contributed by atoms with Crippen molar-refractivity contribution in [1.29, 1.82) is 0 Å². The predicted octanol–water partition coefficient (Wildman–Crippen LogP) is 4.25. The van der Waals surface area contributed by atoms with Crippen molar-refractivity contribution in [1.82, 2.24) is 20.2 Å². The zero-order valence-electron chi connectivity index (χ0n) is 16.3. The first-order valence-corrected chi connectivity index (χ1v) is 10.7. The van der Waals surface area contributed by atoms with Gasteiger partial charge in [0, 0.05) is 37.3 Å². The lowest BCUT2D eigenvalue weighted by Crippen LogP contribution is -2.47. The van der Waals surface area contributed by atoms with E-state index < -0.39 is 0 Å². The second-order valence-electron chi connectivity index (χ2n) is 7.33. The second kappa shape index (κ2) is 7.75. The van der Waals surface area contributed by atoms with Gasteiger partial charge in [0.05, 0.1) is 5.39 Å². The normalized spacial score (nSPS) is 16.9. The SMILES string of the molecule is CN(c1ncnc2sc(-c3ccccc3)cc12)C1CCCN(c2cccnn2)C1. The molecule has 5 rings (SSSR count). The van der Waals surface area contributed by atoms with Crippen LogP contribution in [0.5, 0.6) is 0 Å². The molecule has 7 heteroatoms. The van der Waals surface area contributed by atoms with Gasteiger partial charge in [-0.05, 0) is 36.6 Å².